The Morgan fingerprint density at radius 1 is 0.967 bits per heavy atom. The summed E-state index contributed by atoms with van der Waals surface area (Å²) in [5.74, 6) is -0.142. The fourth-order valence-electron chi connectivity index (χ4n) is 3.02. The lowest BCUT2D eigenvalue weighted by Crippen LogP contribution is -2.26. The molecule has 162 valence electrons. The first-order chi connectivity index (χ1) is 14.4. The van der Waals surface area contributed by atoms with Gasteiger partial charge in [-0.05, 0) is 36.1 Å². The number of hydrogen-bond donors (Lipinski definition) is 1. The van der Waals surface area contributed by atoms with Gasteiger partial charge in [-0.1, -0.05) is 43.7 Å². The van der Waals surface area contributed by atoms with Crippen molar-refractivity contribution in [3.05, 3.63) is 59.2 Å². The minimum atomic E-state index is -2.95. The number of carbonyl (C=O) groups is 2. The number of ether oxygens (including phenoxy) is 2. The van der Waals surface area contributed by atoms with E-state index < -0.39 is 6.61 Å². The Labute approximate surface area is 175 Å². The van der Waals surface area contributed by atoms with E-state index in [2.05, 4.69) is 17.0 Å². The first kappa shape index (κ1) is 23.3. The second-order valence-corrected chi connectivity index (χ2v) is 6.83. The van der Waals surface area contributed by atoms with Gasteiger partial charge in [-0.3, -0.25) is 9.59 Å². The summed E-state index contributed by atoms with van der Waals surface area (Å²) in [5, 5.41) is 2.74. The number of aryl methyl sites for hydroxylation is 1. The fourth-order valence-corrected chi connectivity index (χ4v) is 3.02. The monoisotopic (exact) mass is 419 g/mol. The molecule has 7 heteroatoms. The largest absolute Gasteiger partial charge is 0.493 e. The van der Waals surface area contributed by atoms with E-state index in [1.165, 1.54) is 18.7 Å². The number of alkyl halides is 2. The van der Waals surface area contributed by atoms with Crippen LogP contribution in [0.1, 0.15) is 47.7 Å². The maximum atomic E-state index is 12.5. The molecule has 0 bridgehead atoms. The summed E-state index contributed by atoms with van der Waals surface area (Å²) in [4.78, 5) is 24.2. The van der Waals surface area contributed by atoms with Crippen molar-refractivity contribution in [2.24, 2.45) is 0 Å². The van der Waals surface area contributed by atoms with Crippen molar-refractivity contribution in [2.45, 2.75) is 45.6 Å². The van der Waals surface area contributed by atoms with Crippen LogP contribution in [0.3, 0.4) is 0 Å². The number of hydrogen-bond acceptors (Lipinski definition) is 4. The Hall–Kier alpha value is -2.96. The molecule has 2 aromatic carbocycles. The van der Waals surface area contributed by atoms with Gasteiger partial charge in [0.25, 0.3) is 0 Å². The fraction of sp³-hybridized carbons (Fsp3) is 0.391. The van der Waals surface area contributed by atoms with Gasteiger partial charge < -0.3 is 14.8 Å². The van der Waals surface area contributed by atoms with E-state index in [0.29, 0.717) is 18.5 Å². The number of nitrogens with one attached hydrogen (secondary N) is 1. The Morgan fingerprint density at radius 2 is 1.67 bits per heavy atom. The normalized spacial score (nSPS) is 10.7. The standard InChI is InChI=1S/C23H27F2NO4/c1-3-4-16-5-8-18(9-6-16)19(27)10-12-22(28)26-14-13-17-7-11-20(29-2)21(15-17)30-23(24)25/h5-9,11,15,23H,3-4,10,12-14H2,1-2H3,(H,26,28). The van der Waals surface area contributed by atoms with Crippen LogP contribution in [0.15, 0.2) is 42.5 Å². The number of rotatable bonds is 12. The van der Waals surface area contributed by atoms with Gasteiger partial charge in [-0.25, -0.2) is 0 Å². The minimum Gasteiger partial charge on any atom is -0.493 e. The van der Waals surface area contributed by atoms with Gasteiger partial charge in [0, 0.05) is 24.9 Å². The molecule has 0 saturated carbocycles. The molecule has 0 fully saturated rings. The third-order valence-corrected chi connectivity index (χ3v) is 4.57. The lowest BCUT2D eigenvalue weighted by molar-refractivity contribution is -0.121. The number of carbonyl (C=O) groups excluding carboxylic acids is 2. The van der Waals surface area contributed by atoms with Crippen LogP contribution in [0.2, 0.25) is 0 Å². The van der Waals surface area contributed by atoms with Crippen LogP contribution in [-0.4, -0.2) is 32.0 Å². The molecule has 1 N–H and O–H groups in total. The highest BCUT2D eigenvalue weighted by molar-refractivity contribution is 5.97. The van der Waals surface area contributed by atoms with Crippen LogP contribution in [0.4, 0.5) is 8.78 Å². The van der Waals surface area contributed by atoms with Crippen LogP contribution in [-0.2, 0) is 17.6 Å². The molecule has 0 aliphatic rings. The molecular weight excluding hydrogens is 392 g/mol. The number of Topliss-reactive ketones (excluding diaryl/α,β-unsaturated/α-hetero) is 1. The van der Waals surface area contributed by atoms with Crippen LogP contribution < -0.4 is 14.8 Å². The number of amides is 1. The molecule has 30 heavy (non-hydrogen) atoms. The molecule has 2 rings (SSSR count). The molecule has 0 spiro atoms. The van der Waals surface area contributed by atoms with Crippen molar-refractivity contribution in [2.75, 3.05) is 13.7 Å². The molecule has 0 radical (unpaired) electrons. The van der Waals surface area contributed by atoms with Gasteiger partial charge in [0.15, 0.2) is 17.3 Å². The van der Waals surface area contributed by atoms with Crippen LogP contribution in [0.25, 0.3) is 0 Å². The molecule has 0 aliphatic carbocycles. The zero-order chi connectivity index (χ0) is 21.9. The number of halogens is 2. The predicted molar refractivity (Wildman–Crippen MR) is 110 cm³/mol. The van der Waals surface area contributed by atoms with E-state index in [4.69, 9.17) is 4.74 Å². The lowest BCUT2D eigenvalue weighted by atomic mass is 10.0. The summed E-state index contributed by atoms with van der Waals surface area (Å²) in [6.07, 6.45) is 2.68. The van der Waals surface area contributed by atoms with E-state index in [1.807, 2.05) is 12.1 Å². The molecule has 0 unspecified atom stereocenters. The summed E-state index contributed by atoms with van der Waals surface area (Å²) in [6, 6.07) is 12.2. The zero-order valence-electron chi connectivity index (χ0n) is 17.3. The van der Waals surface area contributed by atoms with Gasteiger partial charge >= 0.3 is 6.61 Å². The lowest BCUT2D eigenvalue weighted by Gasteiger charge is -2.12. The molecule has 1 amide bonds. The summed E-state index contributed by atoms with van der Waals surface area (Å²) in [6.45, 7) is -0.532. The predicted octanol–water partition coefficient (Wildman–Crippen LogP) is 4.57. The van der Waals surface area contributed by atoms with E-state index in [0.717, 1.165) is 18.4 Å². The minimum absolute atomic E-state index is 0.0492. The quantitative estimate of drug-likeness (QED) is 0.512. The molecule has 0 aromatic heterocycles. The van der Waals surface area contributed by atoms with Crippen molar-refractivity contribution in [3.8, 4) is 11.5 Å². The van der Waals surface area contributed by atoms with E-state index in [1.54, 1.807) is 24.3 Å². The number of ketones is 1. The van der Waals surface area contributed by atoms with Crippen LogP contribution >= 0.6 is 0 Å². The number of methoxy groups -OCH3 is 1. The van der Waals surface area contributed by atoms with Crippen molar-refractivity contribution < 1.29 is 27.8 Å². The highest BCUT2D eigenvalue weighted by Crippen LogP contribution is 2.29. The Morgan fingerprint density at radius 3 is 2.30 bits per heavy atom. The molecule has 0 heterocycles. The summed E-state index contributed by atoms with van der Waals surface area (Å²) >= 11 is 0. The van der Waals surface area contributed by atoms with Crippen LogP contribution in [0.5, 0.6) is 11.5 Å². The van der Waals surface area contributed by atoms with E-state index in [9.17, 15) is 18.4 Å². The third kappa shape index (κ3) is 7.46. The molecule has 2 aromatic rings. The van der Waals surface area contributed by atoms with Gasteiger partial charge in [0.1, 0.15) is 0 Å². The summed E-state index contributed by atoms with van der Waals surface area (Å²) in [5.41, 5.74) is 2.51. The molecule has 0 atom stereocenters. The number of benzene rings is 2. The average Bonchev–Trinajstić information content (AvgIpc) is 2.72. The second kappa shape index (κ2) is 11.9. The maximum absolute atomic E-state index is 12.5. The van der Waals surface area contributed by atoms with Gasteiger partial charge in [-0.15, -0.1) is 0 Å². The highest BCUT2D eigenvalue weighted by atomic mass is 19.3. The van der Waals surface area contributed by atoms with Gasteiger partial charge in [-0.2, -0.15) is 8.78 Å². The topological polar surface area (TPSA) is 64.6 Å². The summed E-state index contributed by atoms with van der Waals surface area (Å²) in [7, 11) is 1.37. The first-order valence-electron chi connectivity index (χ1n) is 9.93. The maximum Gasteiger partial charge on any atom is 0.387 e. The van der Waals surface area contributed by atoms with Gasteiger partial charge in [0.05, 0.1) is 7.11 Å². The second-order valence-electron chi connectivity index (χ2n) is 6.83. The van der Waals surface area contributed by atoms with E-state index in [-0.39, 0.29) is 36.0 Å². The molecular formula is C23H27F2NO4. The Kier molecular flexibility index (Phi) is 9.25. The van der Waals surface area contributed by atoms with Crippen molar-refractivity contribution >= 4 is 11.7 Å². The van der Waals surface area contributed by atoms with Crippen molar-refractivity contribution in [1.82, 2.24) is 5.32 Å². The van der Waals surface area contributed by atoms with E-state index >= 15 is 0 Å². The first-order valence-corrected chi connectivity index (χ1v) is 9.93. The van der Waals surface area contributed by atoms with Crippen LogP contribution in [0, 0.1) is 0 Å². The Balaban J connectivity index is 1.77. The zero-order valence-corrected chi connectivity index (χ0v) is 17.3. The highest BCUT2D eigenvalue weighted by Gasteiger charge is 2.12. The molecule has 0 aliphatic heterocycles. The third-order valence-electron chi connectivity index (χ3n) is 4.57. The average molecular weight is 419 g/mol. The SMILES string of the molecule is CCCc1ccc(C(=O)CCC(=O)NCCc2ccc(OC)c(OC(F)F)c2)cc1. The van der Waals surface area contributed by atoms with Gasteiger partial charge in [0.2, 0.25) is 5.91 Å². The van der Waals surface area contributed by atoms with Crippen molar-refractivity contribution in [1.29, 1.82) is 0 Å². The molecule has 0 saturated heterocycles. The Bertz CT molecular complexity index is 838. The summed E-state index contributed by atoms with van der Waals surface area (Å²) < 4.78 is 34.4. The smallest absolute Gasteiger partial charge is 0.387 e. The molecule has 5 nitrogen and oxygen atoms in total. The van der Waals surface area contributed by atoms with Crippen molar-refractivity contribution in [3.63, 3.8) is 0 Å².